The molecule has 10 heteroatoms. The minimum absolute atomic E-state index is 0.217. The fourth-order valence-corrected chi connectivity index (χ4v) is 4.13. The molecule has 0 aliphatic carbocycles. The van der Waals surface area contributed by atoms with Crippen molar-refractivity contribution in [2.45, 2.75) is 20.0 Å². The first-order valence-electron chi connectivity index (χ1n) is 6.61. The van der Waals surface area contributed by atoms with E-state index in [0.29, 0.717) is 4.90 Å². The highest BCUT2D eigenvalue weighted by Crippen LogP contribution is 2.37. The lowest BCUT2D eigenvalue weighted by Gasteiger charge is -2.18. The van der Waals surface area contributed by atoms with Gasteiger partial charge in [-0.25, -0.2) is 8.42 Å². The molecule has 1 heterocycles. The van der Waals surface area contributed by atoms with E-state index in [1.807, 2.05) is 0 Å². The molecule has 1 N–H and O–H groups in total. The Hall–Kier alpha value is -1.32. The van der Waals surface area contributed by atoms with Gasteiger partial charge in [0, 0.05) is 13.1 Å². The van der Waals surface area contributed by atoms with E-state index in [4.69, 9.17) is 5.11 Å². The summed E-state index contributed by atoms with van der Waals surface area (Å²) in [5, 5.41) is 8.84. The van der Waals surface area contributed by atoms with Gasteiger partial charge < -0.3 is 10.0 Å². The fraction of sp³-hybridized carbons (Fsp3) is 0.833. The van der Waals surface area contributed by atoms with Crippen LogP contribution >= 0.6 is 0 Å². The Kier molecular flexibility index (Phi) is 5.47. The molecule has 1 aliphatic rings. The first kappa shape index (κ1) is 18.7. The quantitative estimate of drug-likeness (QED) is 0.795. The van der Waals surface area contributed by atoms with Crippen LogP contribution in [0.3, 0.4) is 0 Å². The molecule has 2 atom stereocenters. The van der Waals surface area contributed by atoms with Crippen molar-refractivity contribution in [1.82, 2.24) is 4.90 Å². The molecule has 0 radical (unpaired) electrons. The van der Waals surface area contributed by atoms with E-state index < -0.39 is 58.6 Å². The molecular formula is C12H18F3NO5S. The van der Waals surface area contributed by atoms with E-state index in [9.17, 15) is 31.2 Å². The summed E-state index contributed by atoms with van der Waals surface area (Å²) < 4.78 is 61.8. The number of likely N-dealkylation sites (tertiary alicyclic amines) is 1. The maximum atomic E-state index is 12.8. The Labute approximate surface area is 126 Å². The SMILES string of the molecule is CC(C)CS(=O)(=O)CC(=O)N1C[C@@H](C(F)(F)F)[C@H](C(=O)O)C1. The van der Waals surface area contributed by atoms with Crippen molar-refractivity contribution in [3.63, 3.8) is 0 Å². The van der Waals surface area contributed by atoms with Crippen LogP contribution in [0.1, 0.15) is 13.8 Å². The smallest absolute Gasteiger partial charge is 0.394 e. The molecule has 0 aromatic carbocycles. The number of carbonyl (C=O) groups excluding carboxylic acids is 1. The van der Waals surface area contributed by atoms with Gasteiger partial charge in [0.15, 0.2) is 9.84 Å². The predicted molar refractivity (Wildman–Crippen MR) is 70.7 cm³/mol. The van der Waals surface area contributed by atoms with Gasteiger partial charge in [0.05, 0.1) is 17.6 Å². The Morgan fingerprint density at radius 2 is 1.82 bits per heavy atom. The van der Waals surface area contributed by atoms with Crippen LogP contribution in [-0.2, 0) is 19.4 Å². The zero-order chi connectivity index (χ0) is 17.3. The van der Waals surface area contributed by atoms with Crippen LogP contribution < -0.4 is 0 Å². The van der Waals surface area contributed by atoms with Crippen LogP contribution in [0.15, 0.2) is 0 Å². The molecule has 0 bridgehead atoms. The second-order valence-corrected chi connectivity index (χ2v) is 7.95. The molecule has 0 aromatic heterocycles. The number of hydrogen-bond acceptors (Lipinski definition) is 4. The summed E-state index contributed by atoms with van der Waals surface area (Å²) in [7, 11) is -3.73. The van der Waals surface area contributed by atoms with E-state index in [1.165, 1.54) is 0 Å². The molecule has 1 fully saturated rings. The van der Waals surface area contributed by atoms with E-state index in [1.54, 1.807) is 13.8 Å². The summed E-state index contributed by atoms with van der Waals surface area (Å²) in [4.78, 5) is 23.4. The Morgan fingerprint density at radius 1 is 1.27 bits per heavy atom. The van der Waals surface area contributed by atoms with Crippen molar-refractivity contribution >= 4 is 21.7 Å². The second-order valence-electron chi connectivity index (χ2n) is 5.84. The van der Waals surface area contributed by atoms with Gasteiger partial charge in [0.25, 0.3) is 0 Å². The van der Waals surface area contributed by atoms with Gasteiger partial charge >= 0.3 is 12.1 Å². The number of halogens is 3. The van der Waals surface area contributed by atoms with Gasteiger partial charge in [-0.2, -0.15) is 13.2 Å². The van der Waals surface area contributed by atoms with Gasteiger partial charge in [-0.3, -0.25) is 9.59 Å². The normalized spacial score (nSPS) is 23.1. The summed E-state index contributed by atoms with van der Waals surface area (Å²) >= 11 is 0. The zero-order valence-electron chi connectivity index (χ0n) is 12.1. The van der Waals surface area contributed by atoms with E-state index in [2.05, 4.69) is 0 Å². The molecule has 0 saturated carbocycles. The molecule has 6 nitrogen and oxygen atoms in total. The van der Waals surface area contributed by atoms with Crippen molar-refractivity contribution in [2.75, 3.05) is 24.6 Å². The van der Waals surface area contributed by atoms with Gasteiger partial charge in [-0.1, -0.05) is 13.8 Å². The van der Waals surface area contributed by atoms with Crippen LogP contribution in [0.2, 0.25) is 0 Å². The summed E-state index contributed by atoms with van der Waals surface area (Å²) in [5.74, 6) is -7.95. The minimum Gasteiger partial charge on any atom is -0.481 e. The first-order chi connectivity index (χ1) is 9.83. The van der Waals surface area contributed by atoms with E-state index in [-0.39, 0.29) is 11.7 Å². The third kappa shape index (κ3) is 4.85. The van der Waals surface area contributed by atoms with Crippen LogP contribution in [0.4, 0.5) is 13.2 Å². The molecule has 0 spiro atoms. The molecular weight excluding hydrogens is 327 g/mol. The van der Waals surface area contributed by atoms with Crippen LogP contribution in [0.25, 0.3) is 0 Å². The second kappa shape index (κ2) is 6.43. The first-order valence-corrected chi connectivity index (χ1v) is 8.43. The lowest BCUT2D eigenvalue weighted by molar-refractivity contribution is -0.188. The van der Waals surface area contributed by atoms with Crippen molar-refractivity contribution < 1.29 is 36.3 Å². The highest BCUT2D eigenvalue weighted by atomic mass is 32.2. The largest absolute Gasteiger partial charge is 0.481 e. The number of sulfone groups is 1. The minimum atomic E-state index is -4.76. The lowest BCUT2D eigenvalue weighted by Crippen LogP contribution is -2.36. The molecule has 1 aliphatic heterocycles. The third-order valence-corrected chi connectivity index (χ3v) is 5.20. The molecule has 128 valence electrons. The molecule has 0 aromatic rings. The summed E-state index contributed by atoms with van der Waals surface area (Å²) in [6, 6.07) is 0. The fourth-order valence-electron chi connectivity index (χ4n) is 2.44. The standard InChI is InChI=1S/C12H18F3NO5S/c1-7(2)5-22(20,21)6-10(17)16-3-8(11(18)19)9(4-16)12(13,14)15/h7-9H,3-6H2,1-2H3,(H,18,19)/t8-,9-/m1/s1. The summed E-state index contributed by atoms with van der Waals surface area (Å²) in [6.07, 6.45) is -4.76. The highest BCUT2D eigenvalue weighted by Gasteiger charge is 2.53. The number of nitrogens with zero attached hydrogens (tertiary/aromatic N) is 1. The number of rotatable bonds is 5. The average Bonchev–Trinajstić information content (AvgIpc) is 2.70. The number of aliphatic carboxylic acids is 1. The molecule has 22 heavy (non-hydrogen) atoms. The third-order valence-electron chi connectivity index (χ3n) is 3.34. The molecule has 1 rings (SSSR count). The number of hydrogen-bond donors (Lipinski definition) is 1. The van der Waals surface area contributed by atoms with Gasteiger partial charge in [-0.15, -0.1) is 0 Å². The molecule has 1 amide bonds. The van der Waals surface area contributed by atoms with Crippen molar-refractivity contribution in [1.29, 1.82) is 0 Å². The van der Waals surface area contributed by atoms with Crippen LogP contribution in [0, 0.1) is 17.8 Å². The highest BCUT2D eigenvalue weighted by molar-refractivity contribution is 7.92. The van der Waals surface area contributed by atoms with Crippen molar-refractivity contribution in [2.24, 2.45) is 17.8 Å². The van der Waals surface area contributed by atoms with Gasteiger partial charge in [-0.05, 0) is 5.92 Å². The predicted octanol–water partition coefficient (Wildman–Crippen LogP) is 0.779. The maximum absolute atomic E-state index is 12.8. The topological polar surface area (TPSA) is 91.8 Å². The number of amides is 1. The number of carbonyl (C=O) groups is 2. The summed E-state index contributed by atoms with van der Waals surface area (Å²) in [6.45, 7) is 1.82. The summed E-state index contributed by atoms with van der Waals surface area (Å²) in [5.41, 5.74) is 0. The van der Waals surface area contributed by atoms with Crippen molar-refractivity contribution in [3.05, 3.63) is 0 Å². The monoisotopic (exact) mass is 345 g/mol. The van der Waals surface area contributed by atoms with Gasteiger partial charge in [0.2, 0.25) is 5.91 Å². The van der Waals surface area contributed by atoms with E-state index in [0.717, 1.165) is 0 Å². The number of carboxylic acid groups (broad SMARTS) is 1. The Balaban J connectivity index is 2.83. The lowest BCUT2D eigenvalue weighted by atomic mass is 9.96. The number of alkyl halides is 3. The number of carboxylic acids is 1. The van der Waals surface area contributed by atoms with E-state index >= 15 is 0 Å². The Morgan fingerprint density at radius 3 is 2.18 bits per heavy atom. The Bertz CT molecular complexity index is 543. The van der Waals surface area contributed by atoms with Gasteiger partial charge in [0.1, 0.15) is 5.75 Å². The van der Waals surface area contributed by atoms with Crippen LogP contribution in [0.5, 0.6) is 0 Å². The average molecular weight is 345 g/mol. The maximum Gasteiger partial charge on any atom is 0.394 e. The van der Waals surface area contributed by atoms with Crippen LogP contribution in [-0.4, -0.2) is 61.1 Å². The molecule has 1 saturated heterocycles. The van der Waals surface area contributed by atoms with Crippen molar-refractivity contribution in [3.8, 4) is 0 Å². The molecule has 0 unspecified atom stereocenters. The zero-order valence-corrected chi connectivity index (χ0v) is 12.9.